The number of hydrogen-bond acceptors (Lipinski definition) is 1. The van der Waals surface area contributed by atoms with E-state index < -0.39 is 0 Å². The van der Waals surface area contributed by atoms with E-state index in [2.05, 4.69) is 65.8 Å². The highest BCUT2D eigenvalue weighted by Crippen LogP contribution is 2.27. The largest absolute Gasteiger partial charge is 0.392 e. The van der Waals surface area contributed by atoms with Gasteiger partial charge in [-0.25, -0.2) is 0 Å². The monoisotopic (exact) mass is 234 g/mol. The molecule has 0 fully saturated rings. The summed E-state index contributed by atoms with van der Waals surface area (Å²) in [5.74, 6) is 0.497. The second-order valence-electron chi connectivity index (χ2n) is 6.40. The molecule has 1 nitrogen and oxygen atoms in total. The average molecular weight is 234 g/mol. The van der Waals surface area contributed by atoms with Crippen LogP contribution in [0.25, 0.3) is 0 Å². The van der Waals surface area contributed by atoms with Crippen molar-refractivity contribution in [1.29, 1.82) is 0 Å². The zero-order valence-electron chi connectivity index (χ0n) is 12.0. The van der Waals surface area contributed by atoms with Crippen LogP contribution in [0.5, 0.6) is 0 Å². The smallest absolute Gasteiger partial charge is 0.0628 e. The summed E-state index contributed by atoms with van der Waals surface area (Å²) in [5.41, 5.74) is 2.75. The second-order valence-corrected chi connectivity index (χ2v) is 6.40. The van der Waals surface area contributed by atoms with Gasteiger partial charge in [0.15, 0.2) is 0 Å². The summed E-state index contributed by atoms with van der Waals surface area (Å²) in [7, 11) is 0. The van der Waals surface area contributed by atoms with Crippen LogP contribution in [0.4, 0.5) is 0 Å². The number of aliphatic hydroxyl groups excluding tert-OH is 1. The minimum Gasteiger partial charge on any atom is -0.392 e. The molecule has 0 aliphatic heterocycles. The molecule has 0 spiro atoms. The standard InChI is InChI=1S/C16H26O/c1-11(2)15(17)12(3)13-7-9-14(10-8-13)16(4,5)6/h7-12,15,17H,1-6H3. The summed E-state index contributed by atoms with van der Waals surface area (Å²) < 4.78 is 0. The van der Waals surface area contributed by atoms with Crippen molar-refractivity contribution < 1.29 is 5.11 Å². The molecule has 1 heteroatoms. The molecule has 0 amide bonds. The summed E-state index contributed by atoms with van der Waals surface area (Å²) in [4.78, 5) is 0. The van der Waals surface area contributed by atoms with E-state index in [0.29, 0.717) is 5.92 Å². The first-order valence-corrected chi connectivity index (χ1v) is 6.52. The van der Waals surface area contributed by atoms with Gasteiger partial charge in [0.05, 0.1) is 6.10 Å². The van der Waals surface area contributed by atoms with Gasteiger partial charge in [0.25, 0.3) is 0 Å². The van der Waals surface area contributed by atoms with Crippen LogP contribution in [0.1, 0.15) is 58.6 Å². The molecule has 17 heavy (non-hydrogen) atoms. The van der Waals surface area contributed by atoms with Crippen molar-refractivity contribution in [2.75, 3.05) is 0 Å². The van der Waals surface area contributed by atoms with Gasteiger partial charge in [-0.2, -0.15) is 0 Å². The molecule has 1 aromatic carbocycles. The van der Waals surface area contributed by atoms with Gasteiger partial charge in [0.2, 0.25) is 0 Å². The van der Waals surface area contributed by atoms with E-state index in [0.717, 1.165) is 0 Å². The minimum absolute atomic E-state index is 0.193. The number of rotatable bonds is 3. The Labute approximate surface area is 106 Å². The van der Waals surface area contributed by atoms with Gasteiger partial charge < -0.3 is 5.11 Å². The van der Waals surface area contributed by atoms with Crippen LogP contribution >= 0.6 is 0 Å². The fraction of sp³-hybridized carbons (Fsp3) is 0.625. The van der Waals surface area contributed by atoms with Crippen molar-refractivity contribution in [2.24, 2.45) is 5.92 Å². The Hall–Kier alpha value is -0.820. The van der Waals surface area contributed by atoms with Crippen LogP contribution in [0.15, 0.2) is 24.3 Å². The molecule has 2 unspecified atom stereocenters. The highest BCUT2D eigenvalue weighted by atomic mass is 16.3. The SMILES string of the molecule is CC(C)C(O)C(C)c1ccc(C(C)(C)C)cc1. The van der Waals surface area contributed by atoms with Crippen molar-refractivity contribution in [3.63, 3.8) is 0 Å². The first-order chi connectivity index (χ1) is 7.73. The molecule has 1 rings (SSSR count). The first kappa shape index (κ1) is 14.2. The Morgan fingerprint density at radius 1 is 0.941 bits per heavy atom. The van der Waals surface area contributed by atoms with Gasteiger partial charge in [0.1, 0.15) is 0 Å². The third-order valence-corrected chi connectivity index (χ3v) is 3.50. The highest BCUT2D eigenvalue weighted by molar-refractivity contribution is 5.29. The lowest BCUT2D eigenvalue weighted by molar-refractivity contribution is 0.102. The summed E-state index contributed by atoms with van der Waals surface area (Å²) in [6.45, 7) is 12.9. The molecule has 0 aliphatic carbocycles. The fourth-order valence-electron chi connectivity index (χ4n) is 2.06. The maximum Gasteiger partial charge on any atom is 0.0628 e. The number of hydrogen-bond donors (Lipinski definition) is 1. The number of aliphatic hydroxyl groups is 1. The van der Waals surface area contributed by atoms with E-state index in [-0.39, 0.29) is 17.4 Å². The molecule has 2 atom stereocenters. The summed E-state index contributed by atoms with van der Waals surface area (Å²) >= 11 is 0. The lowest BCUT2D eigenvalue weighted by Crippen LogP contribution is -2.22. The van der Waals surface area contributed by atoms with Crippen LogP contribution < -0.4 is 0 Å². The van der Waals surface area contributed by atoms with Crippen molar-refractivity contribution in [3.05, 3.63) is 35.4 Å². The van der Waals surface area contributed by atoms with Gasteiger partial charge in [-0.15, -0.1) is 0 Å². The van der Waals surface area contributed by atoms with Gasteiger partial charge in [-0.1, -0.05) is 65.8 Å². The van der Waals surface area contributed by atoms with Crippen molar-refractivity contribution in [1.82, 2.24) is 0 Å². The van der Waals surface area contributed by atoms with E-state index in [1.54, 1.807) is 0 Å². The Balaban J connectivity index is 2.88. The zero-order chi connectivity index (χ0) is 13.2. The van der Waals surface area contributed by atoms with Gasteiger partial charge in [-0.3, -0.25) is 0 Å². The lowest BCUT2D eigenvalue weighted by Gasteiger charge is -2.24. The molecular formula is C16H26O. The molecule has 0 radical (unpaired) electrons. The molecule has 0 saturated heterocycles. The van der Waals surface area contributed by atoms with Gasteiger partial charge in [-0.05, 0) is 22.5 Å². The summed E-state index contributed by atoms with van der Waals surface area (Å²) in [6.07, 6.45) is -0.268. The molecule has 0 aromatic heterocycles. The van der Waals surface area contributed by atoms with Gasteiger partial charge >= 0.3 is 0 Å². The lowest BCUT2D eigenvalue weighted by atomic mass is 9.84. The molecule has 0 heterocycles. The molecule has 96 valence electrons. The molecular weight excluding hydrogens is 208 g/mol. The third kappa shape index (κ3) is 3.57. The molecule has 1 aromatic rings. The second kappa shape index (κ2) is 5.22. The van der Waals surface area contributed by atoms with E-state index in [1.807, 2.05) is 0 Å². The minimum atomic E-state index is -0.268. The van der Waals surface area contributed by atoms with E-state index >= 15 is 0 Å². The maximum absolute atomic E-state index is 10.1. The Morgan fingerprint density at radius 3 is 1.76 bits per heavy atom. The van der Waals surface area contributed by atoms with E-state index in [4.69, 9.17) is 0 Å². The van der Waals surface area contributed by atoms with Crippen LogP contribution in [-0.4, -0.2) is 11.2 Å². The predicted molar refractivity (Wildman–Crippen MR) is 74.4 cm³/mol. The maximum atomic E-state index is 10.1. The van der Waals surface area contributed by atoms with Crippen LogP contribution in [0, 0.1) is 5.92 Å². The van der Waals surface area contributed by atoms with Gasteiger partial charge in [0, 0.05) is 5.92 Å². The topological polar surface area (TPSA) is 20.2 Å². The Morgan fingerprint density at radius 2 is 1.41 bits per heavy atom. The highest BCUT2D eigenvalue weighted by Gasteiger charge is 2.20. The summed E-state index contributed by atoms with van der Waals surface area (Å²) in [6, 6.07) is 8.66. The van der Waals surface area contributed by atoms with Crippen LogP contribution in [0.3, 0.4) is 0 Å². The molecule has 1 N–H and O–H groups in total. The zero-order valence-corrected chi connectivity index (χ0v) is 12.0. The molecule has 0 bridgehead atoms. The van der Waals surface area contributed by atoms with E-state index in [1.165, 1.54) is 11.1 Å². The third-order valence-electron chi connectivity index (χ3n) is 3.50. The Bertz CT molecular complexity index is 343. The van der Waals surface area contributed by atoms with Crippen molar-refractivity contribution in [3.8, 4) is 0 Å². The van der Waals surface area contributed by atoms with Crippen molar-refractivity contribution in [2.45, 2.75) is 59.0 Å². The Kier molecular flexibility index (Phi) is 4.37. The average Bonchev–Trinajstić information content (AvgIpc) is 2.26. The molecule has 0 aliphatic rings. The van der Waals surface area contributed by atoms with Crippen LogP contribution in [0.2, 0.25) is 0 Å². The normalized spacial score (nSPS) is 16.0. The van der Waals surface area contributed by atoms with Crippen LogP contribution in [-0.2, 0) is 5.41 Å². The summed E-state index contributed by atoms with van der Waals surface area (Å²) in [5, 5.41) is 10.1. The first-order valence-electron chi connectivity index (χ1n) is 6.52. The quantitative estimate of drug-likeness (QED) is 0.834. The molecule has 0 saturated carbocycles. The fourth-order valence-corrected chi connectivity index (χ4v) is 2.06. The number of benzene rings is 1. The predicted octanol–water partition coefficient (Wildman–Crippen LogP) is 4.10. The van der Waals surface area contributed by atoms with Crippen molar-refractivity contribution >= 4 is 0 Å². The van der Waals surface area contributed by atoms with E-state index in [9.17, 15) is 5.11 Å².